The second-order valence-electron chi connectivity index (χ2n) is 2.54. The van der Waals surface area contributed by atoms with E-state index >= 15 is 0 Å². The van der Waals surface area contributed by atoms with Gasteiger partial charge in [0.05, 0.1) is 0 Å². The summed E-state index contributed by atoms with van der Waals surface area (Å²) in [5.41, 5.74) is 0. The summed E-state index contributed by atoms with van der Waals surface area (Å²) in [7, 11) is -4.68. The maximum Gasteiger partial charge on any atom is 0.797 e. The molecule has 4 nitrogen and oxygen atoms in total. The molecule has 0 saturated carbocycles. The van der Waals surface area contributed by atoms with Gasteiger partial charge in [-0.15, -0.1) is 0 Å². The Morgan fingerprint density at radius 1 is 1.44 bits per heavy atom. The van der Waals surface area contributed by atoms with Crippen molar-refractivity contribution in [3.8, 4) is 0 Å². The van der Waals surface area contributed by atoms with Crippen molar-refractivity contribution in [3.63, 3.8) is 0 Å². The maximum absolute atomic E-state index is 9.91. The van der Waals surface area contributed by atoms with Gasteiger partial charge in [0.1, 0.15) is 0 Å². The zero-order valence-corrected chi connectivity index (χ0v) is 7.67. The van der Waals surface area contributed by atoms with Crippen LogP contribution in [0, 0.1) is 0 Å². The highest BCUT2D eigenvalue weighted by Crippen LogP contribution is 2.01. The van der Waals surface area contributed by atoms with E-state index in [9.17, 15) is 4.46 Å². The number of rotatable bonds is 3. The van der Waals surface area contributed by atoms with Gasteiger partial charge in [-0.3, -0.25) is 9.04 Å². The average Bonchev–Trinajstić information content (AvgIpc) is 1.59. The standard InChI is InChI=1S/C3H10O4Si2/c1-9(2,3)7-6-8(4)5/h4H,1-3H3. The van der Waals surface area contributed by atoms with Crippen LogP contribution in [0.15, 0.2) is 0 Å². The van der Waals surface area contributed by atoms with E-state index in [1.54, 1.807) is 0 Å². The molecular weight excluding hydrogens is 156 g/mol. The van der Waals surface area contributed by atoms with Gasteiger partial charge < -0.3 is 9.37 Å². The van der Waals surface area contributed by atoms with Crippen LogP contribution in [0.3, 0.4) is 0 Å². The molecule has 6 heteroatoms. The molecule has 0 radical (unpaired) electrons. The first-order valence-corrected chi connectivity index (χ1v) is 7.17. The summed E-state index contributed by atoms with van der Waals surface area (Å²) in [6, 6.07) is 0. The van der Waals surface area contributed by atoms with E-state index in [0.29, 0.717) is 0 Å². The van der Waals surface area contributed by atoms with E-state index in [-0.39, 0.29) is 0 Å². The fourth-order valence-corrected chi connectivity index (χ4v) is 1.45. The van der Waals surface area contributed by atoms with Crippen molar-refractivity contribution in [2.24, 2.45) is 0 Å². The molecule has 1 N–H and O–H groups in total. The lowest BCUT2D eigenvalue weighted by atomic mass is 11.8. The van der Waals surface area contributed by atoms with Gasteiger partial charge in [-0.05, 0) is 19.6 Å². The third-order valence-electron chi connectivity index (χ3n) is 0.363. The summed E-state index contributed by atoms with van der Waals surface area (Å²) in [4.78, 5) is 8.14. The summed E-state index contributed by atoms with van der Waals surface area (Å²) < 4.78 is 18.6. The molecule has 0 atom stereocenters. The average molecular weight is 166 g/mol. The van der Waals surface area contributed by atoms with Gasteiger partial charge in [0.2, 0.25) is 8.32 Å². The largest absolute Gasteiger partial charge is 0.797 e. The van der Waals surface area contributed by atoms with Crippen LogP contribution in [-0.2, 0) is 13.6 Å². The van der Waals surface area contributed by atoms with E-state index < -0.39 is 17.5 Å². The number of hydrogen-bond donors (Lipinski definition) is 1. The first kappa shape index (κ1) is 8.79. The van der Waals surface area contributed by atoms with Crippen molar-refractivity contribution in [2.75, 3.05) is 0 Å². The molecule has 54 valence electrons. The second kappa shape index (κ2) is 3.09. The van der Waals surface area contributed by atoms with Crippen molar-refractivity contribution in [1.82, 2.24) is 0 Å². The van der Waals surface area contributed by atoms with E-state index in [1.165, 1.54) is 0 Å². The first-order valence-electron chi connectivity index (χ1n) is 2.50. The minimum atomic E-state index is -2.91. The van der Waals surface area contributed by atoms with Crippen molar-refractivity contribution in [3.05, 3.63) is 0 Å². The molecule has 9 heavy (non-hydrogen) atoms. The Bertz CT molecular complexity index is 107. The molecule has 0 rings (SSSR count). The Balaban J connectivity index is 3.39. The fraction of sp³-hybridized carbons (Fsp3) is 1.00. The Hall–Kier alpha value is -0.206. The van der Waals surface area contributed by atoms with Crippen molar-refractivity contribution >= 4 is 17.5 Å². The molecule has 0 aromatic heterocycles. The highest BCUT2D eigenvalue weighted by molar-refractivity contribution is 6.69. The van der Waals surface area contributed by atoms with Gasteiger partial charge in [-0.2, -0.15) is 0 Å². The molecule has 0 spiro atoms. The van der Waals surface area contributed by atoms with E-state index in [4.69, 9.17) is 4.80 Å². The lowest BCUT2D eigenvalue weighted by Gasteiger charge is -2.12. The van der Waals surface area contributed by atoms with Crippen LogP contribution in [0.4, 0.5) is 0 Å². The van der Waals surface area contributed by atoms with Crippen LogP contribution in [0.1, 0.15) is 0 Å². The zero-order valence-electron chi connectivity index (χ0n) is 5.67. The summed E-state index contributed by atoms with van der Waals surface area (Å²) in [5.74, 6) is 0. The lowest BCUT2D eigenvalue weighted by Crippen LogP contribution is -2.27. The van der Waals surface area contributed by atoms with Gasteiger partial charge in [0.25, 0.3) is 0 Å². The summed E-state index contributed by atoms with van der Waals surface area (Å²) in [6.45, 7) is 5.58. The van der Waals surface area contributed by atoms with Crippen molar-refractivity contribution in [1.29, 1.82) is 0 Å². The van der Waals surface area contributed by atoms with Crippen LogP contribution in [-0.4, -0.2) is 22.3 Å². The Morgan fingerprint density at radius 2 is 1.89 bits per heavy atom. The molecule has 0 aliphatic carbocycles. The van der Waals surface area contributed by atoms with Crippen molar-refractivity contribution in [2.45, 2.75) is 19.6 Å². The summed E-state index contributed by atoms with van der Waals surface area (Å²) in [6.07, 6.45) is 0. The van der Waals surface area contributed by atoms with Gasteiger partial charge >= 0.3 is 9.17 Å². The van der Waals surface area contributed by atoms with Crippen LogP contribution < -0.4 is 0 Å². The zero-order chi connectivity index (χ0) is 7.49. The Kier molecular flexibility index (Phi) is 3.02. The third kappa shape index (κ3) is 7.79. The molecule has 0 fully saturated rings. The van der Waals surface area contributed by atoms with Crippen molar-refractivity contribution < 1.29 is 18.4 Å². The Labute approximate surface area is 56.4 Å². The van der Waals surface area contributed by atoms with Gasteiger partial charge in [0, 0.05) is 0 Å². The lowest BCUT2D eigenvalue weighted by molar-refractivity contribution is -0.136. The van der Waals surface area contributed by atoms with Crippen LogP contribution in [0.5, 0.6) is 0 Å². The summed E-state index contributed by atoms with van der Waals surface area (Å²) >= 11 is 0. The number of hydrogen-bond acceptors (Lipinski definition) is 3. The molecule has 0 aromatic rings. The quantitative estimate of drug-likeness (QED) is 0.369. The summed E-state index contributed by atoms with van der Waals surface area (Å²) in [5, 5.41) is 0. The molecule has 0 unspecified atom stereocenters. The molecule has 0 bridgehead atoms. The second-order valence-corrected chi connectivity index (χ2v) is 7.63. The fourth-order valence-electron chi connectivity index (χ4n) is 0.161. The topological polar surface area (TPSA) is 55.8 Å². The van der Waals surface area contributed by atoms with Crippen LogP contribution in [0.2, 0.25) is 19.6 Å². The minimum absolute atomic E-state index is 1.78. The minimum Gasteiger partial charge on any atom is -0.510 e. The molecular formula is C3H10O4Si2. The SMILES string of the molecule is C[Si](C)(C)OO[Si](=O)O. The molecule has 0 saturated heterocycles. The van der Waals surface area contributed by atoms with Gasteiger partial charge in [-0.25, -0.2) is 0 Å². The van der Waals surface area contributed by atoms with E-state index in [1.807, 2.05) is 19.6 Å². The predicted octanol–water partition coefficient (Wildman–Crippen LogP) is 0.177. The van der Waals surface area contributed by atoms with Crippen LogP contribution in [0.25, 0.3) is 0 Å². The monoisotopic (exact) mass is 166 g/mol. The normalized spacial score (nSPS) is 11.0. The predicted molar refractivity (Wildman–Crippen MR) is 34.2 cm³/mol. The van der Waals surface area contributed by atoms with E-state index in [2.05, 4.69) is 9.15 Å². The molecule has 0 heterocycles. The van der Waals surface area contributed by atoms with Gasteiger partial charge in [0.15, 0.2) is 0 Å². The molecule has 0 aromatic carbocycles. The van der Waals surface area contributed by atoms with E-state index in [0.717, 1.165) is 0 Å². The first-order chi connectivity index (χ1) is 3.92. The third-order valence-corrected chi connectivity index (χ3v) is 1.34. The smallest absolute Gasteiger partial charge is 0.510 e. The highest BCUT2D eigenvalue weighted by Gasteiger charge is 2.19. The molecule has 0 aliphatic rings. The molecule has 0 aliphatic heterocycles. The Morgan fingerprint density at radius 3 is 2.00 bits per heavy atom. The van der Waals surface area contributed by atoms with Crippen LogP contribution >= 0.6 is 0 Å². The van der Waals surface area contributed by atoms with Gasteiger partial charge in [-0.1, -0.05) is 0 Å². The maximum atomic E-state index is 9.91. The highest BCUT2D eigenvalue weighted by atomic mass is 28.4. The molecule has 0 amide bonds.